The van der Waals surface area contributed by atoms with Crippen molar-refractivity contribution in [3.05, 3.63) is 11.7 Å². The summed E-state index contributed by atoms with van der Waals surface area (Å²) in [6, 6.07) is 0.398. The van der Waals surface area contributed by atoms with Gasteiger partial charge in [0.2, 0.25) is 11.8 Å². The van der Waals surface area contributed by atoms with Crippen LogP contribution in [0, 0.1) is 0 Å². The predicted molar refractivity (Wildman–Crippen MR) is 101 cm³/mol. The Morgan fingerprint density at radius 2 is 2.00 bits per heavy atom. The number of amides is 1. The highest BCUT2D eigenvalue weighted by molar-refractivity contribution is 5.85. The smallest absolute Gasteiger partial charge is 0.226 e. The van der Waals surface area contributed by atoms with Crippen LogP contribution in [0.5, 0.6) is 0 Å². The van der Waals surface area contributed by atoms with E-state index in [0.717, 1.165) is 51.1 Å². The maximum Gasteiger partial charge on any atom is 0.226 e. The Hall–Kier alpha value is -1.14. The van der Waals surface area contributed by atoms with Gasteiger partial charge in [-0.3, -0.25) is 4.79 Å². The number of aryl methyl sites for hydroxylation is 1. The third-order valence-corrected chi connectivity index (χ3v) is 4.45. The molecule has 1 N–H and O–H groups in total. The monoisotopic (exact) mass is 372 g/mol. The molecule has 0 bridgehead atoms. The second-order valence-corrected chi connectivity index (χ2v) is 7.68. The Bertz CT molecular complexity index is 521. The molecule has 25 heavy (non-hydrogen) atoms. The molecule has 0 radical (unpaired) electrons. The number of carbonyl (C=O) groups excluding carboxylic acids is 1. The summed E-state index contributed by atoms with van der Waals surface area (Å²) in [6.07, 6.45) is 5.11. The lowest BCUT2D eigenvalue weighted by Crippen LogP contribution is -2.46. The summed E-state index contributed by atoms with van der Waals surface area (Å²) in [5.74, 6) is 1.63. The number of hydrogen-bond acceptors (Lipinski definition) is 5. The van der Waals surface area contributed by atoms with E-state index < -0.39 is 0 Å². The molecule has 1 amide bonds. The maximum absolute atomic E-state index is 12.6. The van der Waals surface area contributed by atoms with Crippen molar-refractivity contribution in [3.63, 3.8) is 0 Å². The molecule has 1 aliphatic heterocycles. The van der Waals surface area contributed by atoms with Crippen molar-refractivity contribution in [1.29, 1.82) is 0 Å². The van der Waals surface area contributed by atoms with Gasteiger partial charge in [-0.05, 0) is 38.8 Å². The van der Waals surface area contributed by atoms with Crippen molar-refractivity contribution in [2.75, 3.05) is 19.6 Å². The molecule has 144 valence electrons. The van der Waals surface area contributed by atoms with Crippen molar-refractivity contribution in [2.24, 2.45) is 0 Å². The van der Waals surface area contributed by atoms with E-state index in [-0.39, 0.29) is 23.7 Å². The van der Waals surface area contributed by atoms with Crippen LogP contribution in [-0.4, -0.2) is 46.6 Å². The average molecular weight is 373 g/mol. The first-order chi connectivity index (χ1) is 11.4. The summed E-state index contributed by atoms with van der Waals surface area (Å²) < 4.78 is 5.30. The first-order valence-electron chi connectivity index (χ1n) is 9.25. The number of rotatable bonds is 7. The summed E-state index contributed by atoms with van der Waals surface area (Å²) in [7, 11) is 0. The number of halogens is 1. The van der Waals surface area contributed by atoms with E-state index >= 15 is 0 Å². The fourth-order valence-electron chi connectivity index (χ4n) is 3.07. The largest absolute Gasteiger partial charge is 0.340 e. The third kappa shape index (κ3) is 6.59. The predicted octanol–water partition coefficient (Wildman–Crippen LogP) is 3.10. The molecule has 0 aliphatic carbocycles. The molecule has 1 fully saturated rings. The Morgan fingerprint density at radius 1 is 1.32 bits per heavy atom. The fraction of sp³-hybridized carbons (Fsp3) is 0.833. The topological polar surface area (TPSA) is 71.3 Å². The van der Waals surface area contributed by atoms with Gasteiger partial charge in [0.15, 0.2) is 5.82 Å². The summed E-state index contributed by atoms with van der Waals surface area (Å²) in [5.41, 5.74) is -0.107. The second-order valence-electron chi connectivity index (χ2n) is 7.68. The van der Waals surface area contributed by atoms with Crippen LogP contribution in [0.15, 0.2) is 4.52 Å². The quantitative estimate of drug-likeness (QED) is 0.796. The van der Waals surface area contributed by atoms with Gasteiger partial charge in [-0.2, -0.15) is 4.98 Å². The van der Waals surface area contributed by atoms with Crippen LogP contribution < -0.4 is 5.32 Å². The number of piperidine rings is 1. The standard InChI is InChI=1S/C18H32N4O2.ClH/c1-5-13-22(14-9-11-19-12-10-14)16(23)8-6-7-15-20-17(21-24-15)18(2,3)4;/h14,19H,5-13H2,1-4H3;1H. The molecule has 1 saturated heterocycles. The zero-order valence-corrected chi connectivity index (χ0v) is 16.8. The minimum Gasteiger partial charge on any atom is -0.340 e. The van der Waals surface area contributed by atoms with E-state index in [1.54, 1.807) is 0 Å². The molecule has 0 aromatic carbocycles. The number of carbonyl (C=O) groups is 1. The number of nitrogens with zero attached hydrogens (tertiary/aromatic N) is 3. The first kappa shape index (κ1) is 21.9. The lowest BCUT2D eigenvalue weighted by atomic mass is 9.96. The summed E-state index contributed by atoms with van der Waals surface area (Å²) >= 11 is 0. The fourth-order valence-corrected chi connectivity index (χ4v) is 3.07. The number of hydrogen-bond donors (Lipinski definition) is 1. The SMILES string of the molecule is CCCN(C(=O)CCCc1nc(C(C)(C)C)no1)C1CCNCC1.Cl. The van der Waals surface area contributed by atoms with Crippen LogP contribution in [0.25, 0.3) is 0 Å². The zero-order valence-electron chi connectivity index (χ0n) is 16.0. The minimum absolute atomic E-state index is 0. The van der Waals surface area contributed by atoms with E-state index in [0.29, 0.717) is 24.8 Å². The van der Waals surface area contributed by atoms with Gasteiger partial charge in [-0.25, -0.2) is 0 Å². The normalized spacial score (nSPS) is 15.7. The molecule has 2 rings (SSSR count). The van der Waals surface area contributed by atoms with Crippen LogP contribution >= 0.6 is 12.4 Å². The van der Waals surface area contributed by atoms with Crippen molar-refractivity contribution < 1.29 is 9.32 Å². The highest BCUT2D eigenvalue weighted by Gasteiger charge is 2.25. The van der Waals surface area contributed by atoms with E-state index in [2.05, 4.69) is 48.1 Å². The first-order valence-corrected chi connectivity index (χ1v) is 9.25. The molecule has 0 unspecified atom stereocenters. The van der Waals surface area contributed by atoms with Crippen molar-refractivity contribution in [3.8, 4) is 0 Å². The minimum atomic E-state index is -0.107. The van der Waals surface area contributed by atoms with Gasteiger partial charge in [-0.1, -0.05) is 32.9 Å². The van der Waals surface area contributed by atoms with Crippen LogP contribution in [0.4, 0.5) is 0 Å². The Morgan fingerprint density at radius 3 is 2.56 bits per heavy atom. The molecule has 2 heterocycles. The van der Waals surface area contributed by atoms with Gasteiger partial charge in [-0.15, -0.1) is 12.4 Å². The summed E-state index contributed by atoms with van der Waals surface area (Å²) in [6.45, 7) is 11.2. The highest BCUT2D eigenvalue weighted by Crippen LogP contribution is 2.19. The van der Waals surface area contributed by atoms with Gasteiger partial charge in [0, 0.05) is 30.8 Å². The Labute approximate surface area is 157 Å². The van der Waals surface area contributed by atoms with Gasteiger partial charge in [0.05, 0.1) is 0 Å². The van der Waals surface area contributed by atoms with Crippen molar-refractivity contribution in [2.45, 2.75) is 77.7 Å². The molecule has 1 aliphatic rings. The molecular formula is C18H33ClN4O2. The second kappa shape index (κ2) is 10.1. The van der Waals surface area contributed by atoms with Gasteiger partial charge < -0.3 is 14.7 Å². The van der Waals surface area contributed by atoms with E-state index in [1.165, 1.54) is 0 Å². The summed E-state index contributed by atoms with van der Waals surface area (Å²) in [4.78, 5) is 19.2. The summed E-state index contributed by atoms with van der Waals surface area (Å²) in [5, 5.41) is 7.40. The van der Waals surface area contributed by atoms with Crippen LogP contribution in [0.1, 0.15) is 71.5 Å². The highest BCUT2D eigenvalue weighted by atomic mass is 35.5. The van der Waals surface area contributed by atoms with Crippen molar-refractivity contribution >= 4 is 18.3 Å². The molecule has 6 nitrogen and oxygen atoms in total. The Kier molecular flexibility index (Phi) is 8.86. The third-order valence-electron chi connectivity index (χ3n) is 4.45. The molecule has 0 spiro atoms. The zero-order chi connectivity index (χ0) is 17.6. The molecule has 0 atom stereocenters. The van der Waals surface area contributed by atoms with E-state index in [4.69, 9.17) is 4.52 Å². The van der Waals surface area contributed by atoms with Crippen LogP contribution in [0.2, 0.25) is 0 Å². The molecular weight excluding hydrogens is 340 g/mol. The lowest BCUT2D eigenvalue weighted by molar-refractivity contribution is -0.134. The van der Waals surface area contributed by atoms with Crippen LogP contribution in [0.3, 0.4) is 0 Å². The Balaban J connectivity index is 0.00000312. The van der Waals surface area contributed by atoms with Crippen LogP contribution in [-0.2, 0) is 16.6 Å². The van der Waals surface area contributed by atoms with E-state index in [1.807, 2.05) is 0 Å². The van der Waals surface area contributed by atoms with Gasteiger partial charge in [0.25, 0.3) is 0 Å². The van der Waals surface area contributed by atoms with Crippen molar-refractivity contribution in [1.82, 2.24) is 20.4 Å². The lowest BCUT2D eigenvalue weighted by Gasteiger charge is -2.34. The van der Waals surface area contributed by atoms with Gasteiger partial charge >= 0.3 is 0 Å². The van der Waals surface area contributed by atoms with Gasteiger partial charge in [0.1, 0.15) is 0 Å². The average Bonchev–Trinajstić information content (AvgIpc) is 3.02. The molecule has 1 aromatic heterocycles. The molecule has 7 heteroatoms. The number of nitrogens with one attached hydrogen (secondary N) is 1. The molecule has 0 saturated carbocycles. The maximum atomic E-state index is 12.6. The van der Waals surface area contributed by atoms with E-state index in [9.17, 15) is 4.79 Å². The number of aromatic nitrogens is 2. The molecule has 1 aromatic rings.